The Hall–Kier alpha value is -4.46. The van der Waals surface area contributed by atoms with E-state index in [0.717, 1.165) is 66.4 Å². The maximum absolute atomic E-state index is 12.1. The highest BCUT2D eigenvalue weighted by atomic mass is 16.5. The number of fused-ring (bicyclic) bond motifs is 8. The lowest BCUT2D eigenvalue weighted by atomic mass is 10.0. The third-order valence-corrected chi connectivity index (χ3v) is 8.95. The Morgan fingerprint density at radius 1 is 0.500 bits per heavy atom. The Labute approximate surface area is 245 Å². The predicted molar refractivity (Wildman–Crippen MR) is 165 cm³/mol. The van der Waals surface area contributed by atoms with Crippen molar-refractivity contribution in [3.63, 3.8) is 0 Å². The van der Waals surface area contributed by atoms with Crippen LogP contribution in [-0.2, 0) is 31.9 Å². The molecule has 0 saturated heterocycles. The molecule has 4 aromatic heterocycles. The first-order valence-electron chi connectivity index (χ1n) is 14.4. The first kappa shape index (κ1) is 29.0. The second kappa shape index (κ2) is 11.4. The Bertz CT molecular complexity index is 1960. The summed E-state index contributed by atoms with van der Waals surface area (Å²) in [6.07, 6.45) is 10.2. The summed E-state index contributed by atoms with van der Waals surface area (Å²) in [6.45, 7) is 12.7. The molecule has 42 heavy (non-hydrogen) atoms. The molecule has 0 fully saturated rings. The van der Waals surface area contributed by atoms with E-state index < -0.39 is 0 Å². The number of H-pyrrole nitrogens is 4. The quantitative estimate of drug-likeness (QED) is 0.236. The minimum absolute atomic E-state index is 0.247. The van der Waals surface area contributed by atoms with Gasteiger partial charge in [0.25, 0.3) is 0 Å². The van der Waals surface area contributed by atoms with Gasteiger partial charge in [-0.3, -0.25) is 9.59 Å². The van der Waals surface area contributed by atoms with Crippen LogP contribution in [0.4, 0.5) is 0 Å². The monoisotopic (exact) mass is 568 g/mol. The number of carbonyl (C=O) groups excluding carboxylic acids is 2. The van der Waals surface area contributed by atoms with E-state index in [2.05, 4.69) is 85.8 Å². The zero-order valence-electron chi connectivity index (χ0n) is 25.8. The summed E-state index contributed by atoms with van der Waals surface area (Å²) in [6, 6.07) is 0. The summed E-state index contributed by atoms with van der Waals surface area (Å²) in [5.74, 6) is -0.493. The Morgan fingerprint density at radius 3 is 1.43 bits per heavy atom. The lowest BCUT2D eigenvalue weighted by Crippen LogP contribution is -2.14. The molecule has 5 rings (SSSR count). The maximum atomic E-state index is 12.1. The Balaban J connectivity index is 1.85. The van der Waals surface area contributed by atoms with Gasteiger partial charge in [0.1, 0.15) is 0 Å². The zero-order valence-corrected chi connectivity index (χ0v) is 25.8. The third-order valence-electron chi connectivity index (χ3n) is 8.95. The van der Waals surface area contributed by atoms with Crippen molar-refractivity contribution in [1.29, 1.82) is 0 Å². The molecule has 0 atom stereocenters. The van der Waals surface area contributed by atoms with Gasteiger partial charge in [-0.2, -0.15) is 0 Å². The molecule has 220 valence electrons. The van der Waals surface area contributed by atoms with E-state index >= 15 is 0 Å². The number of nitrogens with one attached hydrogen (secondary N) is 4. The molecular weight excluding hydrogens is 528 g/mol. The van der Waals surface area contributed by atoms with Crippen molar-refractivity contribution in [1.82, 2.24) is 19.9 Å². The second-order valence-corrected chi connectivity index (χ2v) is 11.2. The fraction of sp³-hybridized carbons (Fsp3) is 0.353. The molecule has 0 unspecified atom stereocenters. The van der Waals surface area contributed by atoms with Crippen LogP contribution in [0.15, 0.2) is 0 Å². The summed E-state index contributed by atoms with van der Waals surface area (Å²) >= 11 is 0. The molecule has 0 saturated carbocycles. The first-order chi connectivity index (χ1) is 20.0. The smallest absolute Gasteiger partial charge is 0.305 e. The van der Waals surface area contributed by atoms with Crippen molar-refractivity contribution in [2.45, 2.75) is 67.2 Å². The summed E-state index contributed by atoms with van der Waals surface area (Å²) < 4.78 is 9.90. The van der Waals surface area contributed by atoms with Gasteiger partial charge in [0, 0.05) is 57.0 Å². The van der Waals surface area contributed by atoms with Crippen LogP contribution in [0.2, 0.25) is 0 Å². The van der Waals surface area contributed by atoms with Crippen molar-refractivity contribution >= 4 is 36.2 Å². The summed E-state index contributed by atoms with van der Waals surface area (Å²) in [7, 11) is 2.83. The second-order valence-electron chi connectivity index (χ2n) is 11.2. The molecule has 4 aromatic rings. The van der Waals surface area contributed by atoms with Crippen LogP contribution < -0.4 is 21.4 Å². The van der Waals surface area contributed by atoms with Crippen molar-refractivity contribution in [2.24, 2.45) is 0 Å². The highest BCUT2D eigenvalue weighted by Crippen LogP contribution is 2.23. The van der Waals surface area contributed by atoms with Gasteiger partial charge in [-0.25, -0.2) is 0 Å². The van der Waals surface area contributed by atoms with Gasteiger partial charge in [-0.1, -0.05) is 0 Å². The molecule has 0 aliphatic carbocycles. The van der Waals surface area contributed by atoms with Gasteiger partial charge in [-0.05, 0) is 123 Å². The number of aromatic amines is 4. The summed E-state index contributed by atoms with van der Waals surface area (Å²) in [4.78, 5) is 38.8. The van der Waals surface area contributed by atoms with E-state index in [4.69, 9.17) is 9.47 Å². The van der Waals surface area contributed by atoms with Crippen molar-refractivity contribution in [3.8, 4) is 0 Å². The lowest BCUT2D eigenvalue weighted by molar-refractivity contribution is -0.141. The standard InChI is InChI=1S/C34H40N4O4/c1-17-19(3)27-14-29-21(5)23(9-11-33(39)41-7)31(37-29)16-32-24(10-12-34(40)42-8)22(6)30(38-32)15-28-20(4)18(2)26(36-28)13-25(17)35-27/h13-16,35-38H,9-12H2,1-8H3. The van der Waals surface area contributed by atoms with Crippen LogP contribution in [0.5, 0.6) is 0 Å². The van der Waals surface area contributed by atoms with Gasteiger partial charge in [0.2, 0.25) is 0 Å². The number of hydrogen-bond donors (Lipinski definition) is 4. The van der Waals surface area contributed by atoms with Crippen LogP contribution in [0.25, 0.3) is 24.3 Å². The van der Waals surface area contributed by atoms with Crippen LogP contribution in [0.1, 0.15) is 80.1 Å². The topological polar surface area (TPSA) is 116 Å². The maximum Gasteiger partial charge on any atom is 0.305 e. The molecule has 8 nitrogen and oxygen atoms in total. The number of esters is 2. The molecule has 0 radical (unpaired) electrons. The SMILES string of the molecule is COC(=O)CCc1c2[nH]c(c1C)C=c1[nH]c(c(C)c1C)=Cc1[nH]c(c(C)c1C)C=c1[nH]c(c(CCC(=O)OC)c1C)=C2. The van der Waals surface area contributed by atoms with Crippen LogP contribution in [0, 0.1) is 41.5 Å². The number of rotatable bonds is 6. The van der Waals surface area contributed by atoms with Gasteiger partial charge in [-0.15, -0.1) is 0 Å². The van der Waals surface area contributed by atoms with E-state index in [1.54, 1.807) is 0 Å². The van der Waals surface area contributed by atoms with Crippen molar-refractivity contribution < 1.29 is 19.1 Å². The zero-order chi connectivity index (χ0) is 30.3. The van der Waals surface area contributed by atoms with Gasteiger partial charge < -0.3 is 29.4 Å². The summed E-state index contributed by atoms with van der Waals surface area (Å²) in [5.41, 5.74) is 13.0. The minimum Gasteiger partial charge on any atom is -0.469 e. The summed E-state index contributed by atoms with van der Waals surface area (Å²) in [5, 5.41) is 3.99. The van der Waals surface area contributed by atoms with Crippen molar-refractivity contribution in [3.05, 3.63) is 88.7 Å². The van der Waals surface area contributed by atoms with Crippen LogP contribution in [0.3, 0.4) is 0 Å². The van der Waals surface area contributed by atoms with Gasteiger partial charge in [0.15, 0.2) is 0 Å². The van der Waals surface area contributed by atoms with E-state index in [1.807, 2.05) is 0 Å². The predicted octanol–water partition coefficient (Wildman–Crippen LogP) is 2.69. The van der Waals surface area contributed by atoms with Gasteiger partial charge in [0.05, 0.1) is 14.2 Å². The lowest BCUT2D eigenvalue weighted by Gasteiger charge is -2.03. The average Bonchev–Trinajstić information content (AvgIpc) is 3.61. The fourth-order valence-electron chi connectivity index (χ4n) is 5.82. The molecule has 0 spiro atoms. The third kappa shape index (κ3) is 5.29. The van der Waals surface area contributed by atoms with Crippen molar-refractivity contribution in [2.75, 3.05) is 14.2 Å². The number of methoxy groups -OCH3 is 2. The number of hydrogen-bond acceptors (Lipinski definition) is 4. The number of carbonyl (C=O) groups is 2. The molecule has 0 amide bonds. The molecule has 8 heteroatoms. The molecule has 4 N–H and O–H groups in total. The van der Waals surface area contributed by atoms with E-state index in [9.17, 15) is 9.59 Å². The Kier molecular flexibility index (Phi) is 7.91. The average molecular weight is 569 g/mol. The highest BCUT2D eigenvalue weighted by molar-refractivity contribution is 5.71. The molecule has 5 heterocycles. The normalized spacial score (nSPS) is 12.2. The fourth-order valence-corrected chi connectivity index (χ4v) is 5.82. The van der Waals surface area contributed by atoms with Crippen LogP contribution >= 0.6 is 0 Å². The first-order valence-corrected chi connectivity index (χ1v) is 14.4. The molecule has 8 bridgehead atoms. The van der Waals surface area contributed by atoms with Gasteiger partial charge >= 0.3 is 11.9 Å². The molecule has 1 aliphatic heterocycles. The van der Waals surface area contributed by atoms with E-state index in [-0.39, 0.29) is 24.8 Å². The largest absolute Gasteiger partial charge is 0.469 e. The number of aromatic nitrogens is 4. The van der Waals surface area contributed by atoms with E-state index in [0.29, 0.717) is 12.8 Å². The highest BCUT2D eigenvalue weighted by Gasteiger charge is 2.17. The minimum atomic E-state index is -0.247. The molecular formula is C34H40N4O4. The Morgan fingerprint density at radius 2 is 0.905 bits per heavy atom. The number of ether oxygens (including phenoxy) is 2. The molecule has 0 aromatic carbocycles. The molecule has 1 aliphatic rings. The van der Waals surface area contributed by atoms with Crippen LogP contribution in [-0.4, -0.2) is 46.1 Å². The van der Waals surface area contributed by atoms with E-state index in [1.165, 1.54) is 36.5 Å².